The molecule has 2 N–H and O–H groups in total. The minimum atomic E-state index is -0.555. The minimum absolute atomic E-state index is 0.241. The third-order valence-corrected chi connectivity index (χ3v) is 8.23. The minimum Gasteiger partial charge on any atom is -0.490 e. The molecule has 4 aromatic carbocycles. The first-order valence-corrected chi connectivity index (χ1v) is 15.0. The number of ether oxygens (including phenoxy) is 2. The molecule has 0 fully saturated rings. The van der Waals surface area contributed by atoms with E-state index in [2.05, 4.69) is 15.8 Å². The molecule has 1 heterocycles. The highest BCUT2D eigenvalue weighted by molar-refractivity contribution is 7.21. The van der Waals surface area contributed by atoms with Gasteiger partial charge in [0.2, 0.25) is 0 Å². The van der Waals surface area contributed by atoms with Crippen molar-refractivity contribution in [2.24, 2.45) is 5.10 Å². The van der Waals surface area contributed by atoms with Crippen molar-refractivity contribution in [3.63, 3.8) is 0 Å². The quantitative estimate of drug-likeness (QED) is 0.0728. The second-order valence-electron chi connectivity index (χ2n) is 9.51. The summed E-state index contributed by atoms with van der Waals surface area (Å²) in [5, 5.41) is 8.62. The van der Waals surface area contributed by atoms with Crippen molar-refractivity contribution in [2.45, 2.75) is 13.8 Å². The van der Waals surface area contributed by atoms with E-state index in [-0.39, 0.29) is 11.7 Å². The van der Waals surface area contributed by atoms with Crippen molar-refractivity contribution in [3.05, 3.63) is 122 Å². The van der Waals surface area contributed by atoms with E-state index in [9.17, 15) is 14.4 Å². The maximum atomic E-state index is 12.9. The van der Waals surface area contributed by atoms with Gasteiger partial charge in [-0.15, -0.1) is 11.3 Å². The third kappa shape index (κ3) is 7.26. The van der Waals surface area contributed by atoms with Crippen molar-refractivity contribution in [1.29, 1.82) is 0 Å². The SMILES string of the molecule is CCOc1cc(/C=N\NC(=O)c2ccc(NC(=O)c3sc4cc(C)ccc4c3Cl)cc2)ccc1OC(=O)c1ccc(Cl)cc1. The third-order valence-electron chi connectivity index (χ3n) is 6.33. The molecule has 8 nitrogen and oxygen atoms in total. The van der Waals surface area contributed by atoms with Crippen molar-refractivity contribution in [2.75, 3.05) is 11.9 Å². The summed E-state index contributed by atoms with van der Waals surface area (Å²) in [6.07, 6.45) is 1.44. The predicted molar refractivity (Wildman–Crippen MR) is 175 cm³/mol. The zero-order valence-electron chi connectivity index (χ0n) is 23.5. The van der Waals surface area contributed by atoms with Gasteiger partial charge < -0.3 is 14.8 Å². The van der Waals surface area contributed by atoms with Gasteiger partial charge in [0.05, 0.1) is 23.4 Å². The number of carbonyl (C=O) groups is 3. The van der Waals surface area contributed by atoms with E-state index in [0.717, 1.165) is 15.6 Å². The number of hydrogen-bond acceptors (Lipinski definition) is 7. The average molecular weight is 647 g/mol. The molecule has 0 saturated heterocycles. The van der Waals surface area contributed by atoms with Crippen LogP contribution in [0, 0.1) is 6.92 Å². The fourth-order valence-electron chi connectivity index (χ4n) is 4.14. The van der Waals surface area contributed by atoms with Gasteiger partial charge in [-0.25, -0.2) is 10.2 Å². The van der Waals surface area contributed by atoms with Gasteiger partial charge in [-0.2, -0.15) is 5.10 Å². The van der Waals surface area contributed by atoms with Gasteiger partial charge >= 0.3 is 5.97 Å². The summed E-state index contributed by atoms with van der Waals surface area (Å²) in [5.74, 6) is -0.742. The number of hydrogen-bond donors (Lipinski definition) is 2. The molecule has 0 aliphatic heterocycles. The van der Waals surface area contributed by atoms with Crippen molar-refractivity contribution < 1.29 is 23.9 Å². The van der Waals surface area contributed by atoms with Crippen LogP contribution in [0.3, 0.4) is 0 Å². The standard InChI is InChI=1S/C33H25Cl2N3O5S/c1-3-42-27-17-20(5-15-26(27)43-33(41)22-6-10-23(34)11-7-22)18-36-38-31(39)21-8-12-24(13-9-21)37-32(40)30-29(35)25-14-4-19(2)16-28(25)44-30/h4-18H,3H2,1-2H3,(H,37,40)(H,38,39)/b36-18-. The number of nitrogens with zero attached hydrogens (tertiary/aromatic N) is 1. The molecule has 0 unspecified atom stereocenters. The van der Waals surface area contributed by atoms with E-state index in [1.165, 1.54) is 17.6 Å². The number of carbonyl (C=O) groups excluding carboxylic acids is 3. The molecule has 0 aliphatic carbocycles. The van der Waals surface area contributed by atoms with Crippen LogP contribution < -0.4 is 20.2 Å². The van der Waals surface area contributed by atoms with Crippen LogP contribution >= 0.6 is 34.5 Å². The first-order valence-electron chi connectivity index (χ1n) is 13.4. The number of anilines is 1. The Kier molecular flexibility index (Phi) is 9.59. The summed E-state index contributed by atoms with van der Waals surface area (Å²) in [6.45, 7) is 4.13. The first kappa shape index (κ1) is 30.7. The average Bonchev–Trinajstić information content (AvgIpc) is 3.34. The number of hydrazone groups is 1. The van der Waals surface area contributed by atoms with Crippen LogP contribution in [0.15, 0.2) is 90.0 Å². The maximum absolute atomic E-state index is 12.9. The second kappa shape index (κ2) is 13.7. The molecule has 0 bridgehead atoms. The maximum Gasteiger partial charge on any atom is 0.343 e. The molecular weight excluding hydrogens is 621 g/mol. The van der Waals surface area contributed by atoms with Gasteiger partial charge in [-0.05, 0) is 97.8 Å². The summed E-state index contributed by atoms with van der Waals surface area (Å²) >= 11 is 13.7. The smallest absolute Gasteiger partial charge is 0.343 e. The molecular formula is C33H25Cl2N3O5S. The topological polar surface area (TPSA) is 106 Å². The molecule has 11 heteroatoms. The Morgan fingerprint density at radius 3 is 2.32 bits per heavy atom. The van der Waals surface area contributed by atoms with Crippen LogP contribution in [0.1, 0.15) is 48.4 Å². The van der Waals surface area contributed by atoms with E-state index in [4.69, 9.17) is 32.7 Å². The lowest BCUT2D eigenvalue weighted by Crippen LogP contribution is -2.17. The molecule has 0 spiro atoms. The summed E-state index contributed by atoms with van der Waals surface area (Å²) in [7, 11) is 0. The second-order valence-corrected chi connectivity index (χ2v) is 11.4. The van der Waals surface area contributed by atoms with Crippen LogP contribution in [0.25, 0.3) is 10.1 Å². The zero-order chi connectivity index (χ0) is 31.2. The Hall–Kier alpha value is -4.70. The van der Waals surface area contributed by atoms with Crippen LogP contribution in [0.4, 0.5) is 5.69 Å². The van der Waals surface area contributed by atoms with Gasteiger partial charge in [0, 0.05) is 26.4 Å². The number of aryl methyl sites for hydroxylation is 1. The van der Waals surface area contributed by atoms with Gasteiger partial charge in [-0.3, -0.25) is 9.59 Å². The van der Waals surface area contributed by atoms with Crippen LogP contribution in [0.2, 0.25) is 10.0 Å². The van der Waals surface area contributed by atoms with Gasteiger partial charge in [0.15, 0.2) is 11.5 Å². The highest BCUT2D eigenvalue weighted by Gasteiger charge is 2.18. The number of amides is 2. The predicted octanol–water partition coefficient (Wildman–Crippen LogP) is 8.15. The lowest BCUT2D eigenvalue weighted by Gasteiger charge is -2.11. The first-order chi connectivity index (χ1) is 21.2. The van der Waals surface area contributed by atoms with Crippen molar-refractivity contribution in [1.82, 2.24) is 5.43 Å². The number of rotatable bonds is 9. The van der Waals surface area contributed by atoms with E-state index >= 15 is 0 Å². The molecule has 0 atom stereocenters. The fourth-order valence-corrected chi connectivity index (χ4v) is 5.78. The number of halogens is 2. The molecule has 2 amide bonds. The van der Waals surface area contributed by atoms with E-state index in [1.807, 2.05) is 32.0 Å². The molecule has 0 aliphatic rings. The van der Waals surface area contributed by atoms with E-state index < -0.39 is 11.9 Å². The summed E-state index contributed by atoms with van der Waals surface area (Å²) < 4.78 is 12.1. The Morgan fingerprint density at radius 2 is 1.59 bits per heavy atom. The van der Waals surface area contributed by atoms with Gasteiger partial charge in [0.25, 0.3) is 11.8 Å². The number of fused-ring (bicyclic) bond motifs is 1. The van der Waals surface area contributed by atoms with Crippen LogP contribution in [-0.2, 0) is 0 Å². The molecule has 0 radical (unpaired) electrons. The zero-order valence-corrected chi connectivity index (χ0v) is 25.8. The van der Waals surface area contributed by atoms with Crippen LogP contribution in [-0.4, -0.2) is 30.6 Å². The normalized spacial score (nSPS) is 11.0. The van der Waals surface area contributed by atoms with E-state index in [1.54, 1.807) is 66.7 Å². The highest BCUT2D eigenvalue weighted by atomic mass is 35.5. The lowest BCUT2D eigenvalue weighted by molar-refractivity contribution is 0.0728. The Labute approximate surface area is 267 Å². The van der Waals surface area contributed by atoms with E-state index in [0.29, 0.717) is 49.7 Å². The van der Waals surface area contributed by atoms with Gasteiger partial charge in [0.1, 0.15) is 4.88 Å². The van der Waals surface area contributed by atoms with Gasteiger partial charge in [-0.1, -0.05) is 35.3 Å². The molecule has 1 aromatic heterocycles. The molecule has 44 heavy (non-hydrogen) atoms. The number of thiophene rings is 1. The number of esters is 1. The number of nitrogens with one attached hydrogen (secondary N) is 2. The number of benzene rings is 4. The summed E-state index contributed by atoms with van der Waals surface area (Å²) in [5.41, 5.74) is 5.37. The Balaban J connectivity index is 1.19. The van der Waals surface area contributed by atoms with Crippen LogP contribution in [0.5, 0.6) is 11.5 Å². The summed E-state index contributed by atoms with van der Waals surface area (Å²) in [4.78, 5) is 38.5. The van der Waals surface area contributed by atoms with Crippen molar-refractivity contribution in [3.8, 4) is 11.5 Å². The fraction of sp³-hybridized carbons (Fsp3) is 0.0909. The molecule has 5 rings (SSSR count). The summed E-state index contributed by atoms with van der Waals surface area (Å²) in [6, 6.07) is 23.5. The Morgan fingerprint density at radius 1 is 0.864 bits per heavy atom. The highest BCUT2D eigenvalue weighted by Crippen LogP contribution is 2.36. The molecule has 0 saturated carbocycles. The monoisotopic (exact) mass is 645 g/mol. The largest absolute Gasteiger partial charge is 0.490 e. The van der Waals surface area contributed by atoms with Crippen molar-refractivity contribution >= 4 is 74.3 Å². The Bertz CT molecular complexity index is 1890. The molecule has 5 aromatic rings. The molecule has 222 valence electrons. The lowest BCUT2D eigenvalue weighted by atomic mass is 10.2.